The number of hydrogen-bond donors (Lipinski definition) is 0. The Morgan fingerprint density at radius 1 is 0.857 bits per heavy atom. The number of allylic oxidation sites excluding steroid dienone is 5. The molecule has 0 aromatic heterocycles. The molecule has 3 aliphatic carbocycles. The van der Waals surface area contributed by atoms with Gasteiger partial charge >= 0.3 is 185 Å². The normalized spacial score (nSPS) is 26.9. The predicted molar refractivity (Wildman–Crippen MR) is 118 cm³/mol. The van der Waals surface area contributed by atoms with Crippen molar-refractivity contribution in [2.75, 3.05) is 0 Å². The van der Waals surface area contributed by atoms with Crippen molar-refractivity contribution in [2.24, 2.45) is 5.41 Å². The summed E-state index contributed by atoms with van der Waals surface area (Å²) in [6.07, 6.45) is 10.2. The third-order valence-electron chi connectivity index (χ3n) is 8.86. The van der Waals surface area contributed by atoms with Crippen LogP contribution in [0.4, 0.5) is 0 Å². The van der Waals surface area contributed by atoms with Crippen LogP contribution in [0.1, 0.15) is 90.5 Å². The van der Waals surface area contributed by atoms with Gasteiger partial charge in [0, 0.05) is 0 Å². The number of hydrogen-bond acceptors (Lipinski definition) is 0. The second-order valence-electron chi connectivity index (χ2n) is 10.1. The number of benzene rings is 1. The molecule has 1 aromatic carbocycles. The van der Waals surface area contributed by atoms with Gasteiger partial charge in [-0.3, -0.25) is 0 Å². The zero-order chi connectivity index (χ0) is 20.5. The first-order valence-corrected chi connectivity index (χ1v) is 14.7. The first-order valence-electron chi connectivity index (χ1n) is 11.1. The van der Waals surface area contributed by atoms with Crippen molar-refractivity contribution in [1.82, 2.24) is 0 Å². The molecule has 0 heterocycles. The van der Waals surface area contributed by atoms with Gasteiger partial charge in [-0.1, -0.05) is 0 Å². The standard InChI is InChI=1S/C17H21.C10H15.Hf/c1-4-17(5-2)10-14-8-13-7-6-12(3)16(13)9-15(14)11-17;1-6-7(2)9(4)10(5)8(6)3;/h6-9H,4-5,10-11H2,1-3H3;1-5H3;. The number of rotatable bonds is 4. The van der Waals surface area contributed by atoms with E-state index in [4.69, 9.17) is 0 Å². The van der Waals surface area contributed by atoms with Gasteiger partial charge in [-0.25, -0.2) is 0 Å². The second kappa shape index (κ2) is 6.66. The Bertz CT molecular complexity index is 911. The van der Waals surface area contributed by atoms with Crippen LogP contribution in [-0.4, -0.2) is 0 Å². The average molecular weight is 539 g/mol. The van der Waals surface area contributed by atoms with E-state index < -0.39 is 22.9 Å². The third kappa shape index (κ3) is 2.78. The van der Waals surface area contributed by atoms with E-state index in [1.807, 2.05) is 0 Å². The molecule has 1 atom stereocenters. The summed E-state index contributed by atoms with van der Waals surface area (Å²) in [6, 6.07) is 5.20. The molecule has 0 saturated heterocycles. The van der Waals surface area contributed by atoms with Crippen molar-refractivity contribution >= 4 is 6.08 Å². The summed E-state index contributed by atoms with van der Waals surface area (Å²) in [7, 11) is 0. The van der Waals surface area contributed by atoms with E-state index in [9.17, 15) is 0 Å². The minimum atomic E-state index is -1.10. The molecule has 0 radical (unpaired) electrons. The monoisotopic (exact) mass is 540 g/mol. The van der Waals surface area contributed by atoms with Crippen molar-refractivity contribution < 1.29 is 22.9 Å². The molecule has 0 bridgehead atoms. The summed E-state index contributed by atoms with van der Waals surface area (Å²) in [4.78, 5) is 0. The van der Waals surface area contributed by atoms with Crippen LogP contribution in [0.2, 0.25) is 3.17 Å². The van der Waals surface area contributed by atoms with Gasteiger partial charge in [-0.2, -0.15) is 0 Å². The van der Waals surface area contributed by atoms with Crippen LogP contribution in [0, 0.1) is 5.41 Å². The molecule has 0 aliphatic heterocycles. The Balaban J connectivity index is 1.73. The Labute approximate surface area is 183 Å². The molecule has 0 nitrogen and oxygen atoms in total. The van der Waals surface area contributed by atoms with Gasteiger partial charge in [-0.05, 0) is 0 Å². The van der Waals surface area contributed by atoms with Gasteiger partial charge in [0.25, 0.3) is 0 Å². The van der Waals surface area contributed by atoms with Crippen LogP contribution in [0.25, 0.3) is 6.08 Å². The van der Waals surface area contributed by atoms with Crippen LogP contribution < -0.4 is 0 Å². The van der Waals surface area contributed by atoms with Crippen molar-refractivity contribution in [3.05, 3.63) is 62.8 Å². The summed E-state index contributed by atoms with van der Waals surface area (Å²) in [5.41, 5.74) is 13.4. The van der Waals surface area contributed by atoms with Gasteiger partial charge < -0.3 is 0 Å². The fraction of sp³-hybridized carbons (Fsp3) is 0.556. The Hall–Kier alpha value is -0.690. The maximum atomic E-state index is 2.64. The summed E-state index contributed by atoms with van der Waals surface area (Å²) >= 11 is -1.10. The van der Waals surface area contributed by atoms with Gasteiger partial charge in [0.1, 0.15) is 0 Å². The quantitative estimate of drug-likeness (QED) is 0.343. The van der Waals surface area contributed by atoms with Gasteiger partial charge in [0.2, 0.25) is 0 Å². The van der Waals surface area contributed by atoms with Crippen molar-refractivity contribution in [2.45, 2.75) is 87.4 Å². The predicted octanol–water partition coefficient (Wildman–Crippen LogP) is 7.78. The number of fused-ring (bicyclic) bond motifs is 2. The summed E-state index contributed by atoms with van der Waals surface area (Å²) in [5, 5.41) is 0. The molecule has 0 N–H and O–H groups in total. The Kier molecular flexibility index (Phi) is 4.89. The van der Waals surface area contributed by atoms with Crippen LogP contribution >= 0.6 is 0 Å². The molecule has 0 fully saturated rings. The molecular weight excluding hydrogens is 503 g/mol. The first-order chi connectivity index (χ1) is 13.1. The average Bonchev–Trinajstić information content (AvgIpc) is 3.25. The molecule has 1 heteroatoms. The van der Waals surface area contributed by atoms with Crippen molar-refractivity contribution in [1.29, 1.82) is 0 Å². The zero-order valence-electron chi connectivity index (χ0n) is 19.1. The van der Waals surface area contributed by atoms with Crippen LogP contribution in [0.5, 0.6) is 0 Å². The van der Waals surface area contributed by atoms with Crippen LogP contribution in [0.15, 0.2) is 40.5 Å². The second-order valence-corrected chi connectivity index (χ2v) is 18.3. The van der Waals surface area contributed by atoms with Gasteiger partial charge in [0.15, 0.2) is 0 Å². The van der Waals surface area contributed by atoms with Crippen LogP contribution in [-0.2, 0) is 38.9 Å². The van der Waals surface area contributed by atoms with Crippen molar-refractivity contribution in [3.63, 3.8) is 0 Å². The molecular formula is C27H36Hf. The first kappa shape index (κ1) is 20.6. The van der Waals surface area contributed by atoms with E-state index >= 15 is 0 Å². The van der Waals surface area contributed by atoms with E-state index in [0.717, 1.165) is 0 Å². The molecule has 1 unspecified atom stereocenters. The van der Waals surface area contributed by atoms with E-state index in [1.54, 1.807) is 39.0 Å². The molecule has 0 saturated carbocycles. The molecule has 148 valence electrons. The summed E-state index contributed by atoms with van der Waals surface area (Å²) < 4.78 is 0.681. The van der Waals surface area contributed by atoms with Gasteiger partial charge in [0.05, 0.1) is 0 Å². The van der Waals surface area contributed by atoms with Gasteiger partial charge in [-0.15, -0.1) is 0 Å². The molecule has 28 heavy (non-hydrogen) atoms. The SMILES string of the molecule is CCC1(CC)Cc2cc3c(cc2C1)[C](C)([Hf][C]1(C)C(C)=C(C)C(C)=C1C)C=C3. The third-order valence-corrected chi connectivity index (χ3v) is 16.8. The molecule has 0 amide bonds. The maximum absolute atomic E-state index is 2.64. The minimum absolute atomic E-state index is 0.316. The van der Waals surface area contributed by atoms with E-state index in [0.29, 0.717) is 11.8 Å². The van der Waals surface area contributed by atoms with Crippen LogP contribution in [0.3, 0.4) is 0 Å². The fourth-order valence-corrected chi connectivity index (χ4v) is 14.3. The van der Waals surface area contributed by atoms with Crippen molar-refractivity contribution in [3.8, 4) is 0 Å². The Morgan fingerprint density at radius 2 is 1.39 bits per heavy atom. The van der Waals surface area contributed by atoms with E-state index in [1.165, 1.54) is 31.2 Å². The van der Waals surface area contributed by atoms with E-state index in [-0.39, 0.29) is 0 Å². The molecule has 0 spiro atoms. The zero-order valence-corrected chi connectivity index (χ0v) is 22.7. The molecule has 3 aliphatic rings. The molecule has 1 aromatic rings. The molecule has 4 rings (SSSR count). The fourth-order valence-electron chi connectivity index (χ4n) is 6.00. The van der Waals surface area contributed by atoms with E-state index in [2.05, 4.69) is 79.7 Å². The topological polar surface area (TPSA) is 0 Å². The Morgan fingerprint density at radius 3 is 1.93 bits per heavy atom. The summed E-state index contributed by atoms with van der Waals surface area (Å²) in [5.74, 6) is 0. The summed E-state index contributed by atoms with van der Waals surface area (Å²) in [6.45, 7) is 19.4.